The molecule has 2 aromatic rings. The number of aliphatic hydroxyl groups is 1. The van der Waals surface area contributed by atoms with Gasteiger partial charge in [0.05, 0.1) is 5.60 Å². The Morgan fingerprint density at radius 1 is 1.18 bits per heavy atom. The average Bonchev–Trinajstić information content (AvgIpc) is 2.38. The van der Waals surface area contributed by atoms with Gasteiger partial charge in [-0.05, 0) is 18.2 Å². The maximum atomic E-state index is 10.7. The SMILES string of the molecule is CCCC(O)(CC)c1cncc2ccccc12. The third-order valence-corrected chi connectivity index (χ3v) is 3.42. The zero-order chi connectivity index (χ0) is 12.3. The topological polar surface area (TPSA) is 33.1 Å². The molecule has 0 aliphatic carbocycles. The Hall–Kier alpha value is -1.41. The molecule has 1 aromatic carbocycles. The Balaban J connectivity index is 2.61. The van der Waals surface area contributed by atoms with Crippen LogP contribution in [0.2, 0.25) is 0 Å². The lowest BCUT2D eigenvalue weighted by atomic mass is 9.85. The molecule has 0 bridgehead atoms. The predicted octanol–water partition coefficient (Wildman–Crippen LogP) is 3.63. The van der Waals surface area contributed by atoms with Crippen molar-refractivity contribution in [3.05, 3.63) is 42.2 Å². The number of pyridine rings is 1. The third-order valence-electron chi connectivity index (χ3n) is 3.42. The highest BCUT2D eigenvalue weighted by Gasteiger charge is 2.28. The summed E-state index contributed by atoms with van der Waals surface area (Å²) in [5.74, 6) is 0. The highest BCUT2D eigenvalue weighted by Crippen LogP contribution is 2.34. The van der Waals surface area contributed by atoms with E-state index in [2.05, 4.69) is 18.0 Å². The molecule has 2 rings (SSSR count). The van der Waals surface area contributed by atoms with E-state index in [0.717, 1.165) is 35.6 Å². The quantitative estimate of drug-likeness (QED) is 0.868. The number of hydrogen-bond donors (Lipinski definition) is 1. The number of benzene rings is 1. The second-order valence-electron chi connectivity index (χ2n) is 4.54. The summed E-state index contributed by atoms with van der Waals surface area (Å²) in [4.78, 5) is 4.25. The summed E-state index contributed by atoms with van der Waals surface area (Å²) in [6.07, 6.45) is 6.12. The summed E-state index contributed by atoms with van der Waals surface area (Å²) in [7, 11) is 0. The molecule has 90 valence electrons. The lowest BCUT2D eigenvalue weighted by molar-refractivity contribution is 0.0238. The molecule has 1 heterocycles. The maximum absolute atomic E-state index is 10.7. The minimum atomic E-state index is -0.747. The monoisotopic (exact) mass is 229 g/mol. The molecule has 0 spiro atoms. The molecule has 1 atom stereocenters. The number of fused-ring (bicyclic) bond motifs is 1. The Morgan fingerprint density at radius 3 is 2.65 bits per heavy atom. The van der Waals surface area contributed by atoms with Gasteiger partial charge in [0, 0.05) is 23.3 Å². The van der Waals surface area contributed by atoms with Crippen LogP contribution in [0.25, 0.3) is 10.8 Å². The van der Waals surface area contributed by atoms with Crippen molar-refractivity contribution < 1.29 is 5.11 Å². The van der Waals surface area contributed by atoms with E-state index >= 15 is 0 Å². The fourth-order valence-corrected chi connectivity index (χ4v) is 2.40. The van der Waals surface area contributed by atoms with Gasteiger partial charge in [0.25, 0.3) is 0 Å². The molecular weight excluding hydrogens is 210 g/mol. The molecule has 0 saturated heterocycles. The summed E-state index contributed by atoms with van der Waals surface area (Å²) in [5.41, 5.74) is 0.211. The van der Waals surface area contributed by atoms with Gasteiger partial charge in [-0.2, -0.15) is 0 Å². The molecule has 2 nitrogen and oxygen atoms in total. The Bertz CT molecular complexity index is 504. The van der Waals surface area contributed by atoms with Crippen molar-refractivity contribution in [2.45, 2.75) is 38.7 Å². The molecule has 1 aromatic heterocycles. The maximum Gasteiger partial charge on any atom is 0.0914 e. The molecule has 0 aliphatic rings. The molecule has 0 amide bonds. The summed E-state index contributed by atoms with van der Waals surface area (Å²) < 4.78 is 0. The molecular formula is C15H19NO. The van der Waals surface area contributed by atoms with Crippen LogP contribution in [0.1, 0.15) is 38.7 Å². The molecule has 0 fully saturated rings. The van der Waals surface area contributed by atoms with Crippen LogP contribution < -0.4 is 0 Å². The van der Waals surface area contributed by atoms with E-state index < -0.39 is 5.60 Å². The second-order valence-corrected chi connectivity index (χ2v) is 4.54. The van der Waals surface area contributed by atoms with E-state index in [0.29, 0.717) is 0 Å². The van der Waals surface area contributed by atoms with E-state index in [-0.39, 0.29) is 0 Å². The lowest BCUT2D eigenvalue weighted by Gasteiger charge is -2.27. The van der Waals surface area contributed by atoms with Gasteiger partial charge < -0.3 is 5.11 Å². The van der Waals surface area contributed by atoms with Gasteiger partial charge in [0.15, 0.2) is 0 Å². The van der Waals surface area contributed by atoms with Gasteiger partial charge >= 0.3 is 0 Å². The number of aromatic nitrogens is 1. The van der Waals surface area contributed by atoms with E-state index in [9.17, 15) is 5.11 Å². The molecule has 0 radical (unpaired) electrons. The standard InChI is InChI=1S/C15H19NO/c1-3-9-15(17,4-2)14-11-16-10-12-7-5-6-8-13(12)14/h5-8,10-11,17H,3-4,9H2,1-2H3. The fourth-order valence-electron chi connectivity index (χ4n) is 2.40. The molecule has 1 N–H and O–H groups in total. The minimum absolute atomic E-state index is 0.719. The van der Waals surface area contributed by atoms with Crippen LogP contribution in [-0.4, -0.2) is 10.1 Å². The number of nitrogens with zero attached hydrogens (tertiary/aromatic N) is 1. The smallest absolute Gasteiger partial charge is 0.0914 e. The molecule has 2 heteroatoms. The summed E-state index contributed by atoms with van der Waals surface area (Å²) >= 11 is 0. The molecule has 0 aliphatic heterocycles. The van der Waals surface area contributed by atoms with E-state index in [1.54, 1.807) is 0 Å². The molecule has 1 unspecified atom stereocenters. The Kier molecular flexibility index (Phi) is 3.43. The number of hydrogen-bond acceptors (Lipinski definition) is 2. The first kappa shape index (κ1) is 12.1. The van der Waals surface area contributed by atoms with Crippen LogP contribution in [0.5, 0.6) is 0 Å². The first-order chi connectivity index (χ1) is 8.21. The van der Waals surface area contributed by atoms with Gasteiger partial charge in [0.1, 0.15) is 0 Å². The van der Waals surface area contributed by atoms with E-state index in [4.69, 9.17) is 0 Å². The summed E-state index contributed by atoms with van der Waals surface area (Å²) in [6.45, 7) is 4.12. The van der Waals surface area contributed by atoms with Crippen molar-refractivity contribution in [1.29, 1.82) is 0 Å². The first-order valence-electron chi connectivity index (χ1n) is 6.27. The highest BCUT2D eigenvalue weighted by atomic mass is 16.3. The van der Waals surface area contributed by atoms with Gasteiger partial charge in [-0.3, -0.25) is 4.98 Å². The zero-order valence-electron chi connectivity index (χ0n) is 10.5. The Labute approximate surface area is 102 Å². The third kappa shape index (κ3) is 2.18. The molecule has 17 heavy (non-hydrogen) atoms. The van der Waals surface area contributed by atoms with Crippen LogP contribution in [0, 0.1) is 0 Å². The summed E-state index contributed by atoms with van der Waals surface area (Å²) in [5, 5.41) is 13.0. The molecule has 0 saturated carbocycles. The van der Waals surface area contributed by atoms with Gasteiger partial charge in [0.2, 0.25) is 0 Å². The van der Waals surface area contributed by atoms with Crippen LogP contribution in [-0.2, 0) is 5.60 Å². The zero-order valence-corrected chi connectivity index (χ0v) is 10.5. The van der Waals surface area contributed by atoms with Crippen LogP contribution in [0.15, 0.2) is 36.7 Å². The fraction of sp³-hybridized carbons (Fsp3) is 0.400. The lowest BCUT2D eigenvalue weighted by Crippen LogP contribution is -2.24. The largest absolute Gasteiger partial charge is 0.385 e. The van der Waals surface area contributed by atoms with Crippen molar-refractivity contribution in [2.24, 2.45) is 0 Å². The van der Waals surface area contributed by atoms with E-state index in [1.165, 1.54) is 0 Å². The van der Waals surface area contributed by atoms with Crippen molar-refractivity contribution in [3.63, 3.8) is 0 Å². The minimum Gasteiger partial charge on any atom is -0.385 e. The van der Waals surface area contributed by atoms with Gasteiger partial charge in [-0.15, -0.1) is 0 Å². The predicted molar refractivity (Wildman–Crippen MR) is 70.8 cm³/mol. The normalized spacial score (nSPS) is 14.8. The van der Waals surface area contributed by atoms with Crippen LogP contribution in [0.3, 0.4) is 0 Å². The van der Waals surface area contributed by atoms with Crippen molar-refractivity contribution in [3.8, 4) is 0 Å². The van der Waals surface area contributed by atoms with Crippen molar-refractivity contribution in [2.75, 3.05) is 0 Å². The Morgan fingerprint density at radius 2 is 1.94 bits per heavy atom. The van der Waals surface area contributed by atoms with Crippen molar-refractivity contribution >= 4 is 10.8 Å². The first-order valence-corrected chi connectivity index (χ1v) is 6.27. The number of rotatable bonds is 4. The van der Waals surface area contributed by atoms with Crippen LogP contribution in [0.4, 0.5) is 0 Å². The van der Waals surface area contributed by atoms with Crippen molar-refractivity contribution in [1.82, 2.24) is 4.98 Å². The van der Waals surface area contributed by atoms with Gasteiger partial charge in [-0.1, -0.05) is 44.5 Å². The summed E-state index contributed by atoms with van der Waals surface area (Å²) in [6, 6.07) is 8.10. The second kappa shape index (κ2) is 4.84. The average molecular weight is 229 g/mol. The van der Waals surface area contributed by atoms with Crippen LogP contribution >= 0.6 is 0 Å². The van der Waals surface area contributed by atoms with E-state index in [1.807, 2.05) is 37.5 Å². The highest BCUT2D eigenvalue weighted by molar-refractivity contribution is 5.85. The van der Waals surface area contributed by atoms with Gasteiger partial charge in [-0.25, -0.2) is 0 Å².